The van der Waals surface area contributed by atoms with Gasteiger partial charge in [-0.25, -0.2) is 0 Å². The van der Waals surface area contributed by atoms with Gasteiger partial charge in [-0.05, 0) is 81.4 Å². The number of hydrogen-bond acceptors (Lipinski definition) is 7. The van der Waals surface area contributed by atoms with Crippen molar-refractivity contribution in [2.75, 3.05) is 57.6 Å². The second kappa shape index (κ2) is 11.8. The molecule has 0 saturated carbocycles. The monoisotopic (exact) mass is 521 g/mol. The van der Waals surface area contributed by atoms with E-state index in [0.29, 0.717) is 5.41 Å². The van der Waals surface area contributed by atoms with Gasteiger partial charge < -0.3 is 23.8 Å². The summed E-state index contributed by atoms with van der Waals surface area (Å²) in [5.74, 6) is 3.71. The van der Waals surface area contributed by atoms with Gasteiger partial charge in [-0.2, -0.15) is 0 Å². The summed E-state index contributed by atoms with van der Waals surface area (Å²) in [6.45, 7) is 5.87. The Balaban J connectivity index is 1.05. The van der Waals surface area contributed by atoms with Crippen LogP contribution in [0, 0.1) is 5.41 Å². The molecular weight excluding hydrogens is 482 g/mol. The molecule has 3 aromatic rings. The highest BCUT2D eigenvalue weighted by Crippen LogP contribution is 2.43. The highest BCUT2D eigenvalue weighted by Gasteiger charge is 2.37. The number of benzene rings is 2. The van der Waals surface area contributed by atoms with Gasteiger partial charge in [0.05, 0.1) is 25.5 Å². The molecule has 0 unspecified atom stereocenters. The van der Waals surface area contributed by atoms with Gasteiger partial charge in [0.2, 0.25) is 0 Å². The molecule has 0 amide bonds. The smallest absolute Gasteiger partial charge is 0.191 e. The minimum absolute atomic E-state index is 0.525. The summed E-state index contributed by atoms with van der Waals surface area (Å²) in [6, 6.07) is 16.4. The minimum Gasteiger partial charge on any atom is -0.496 e. The van der Waals surface area contributed by atoms with Crippen LogP contribution in [0.5, 0.6) is 11.5 Å². The summed E-state index contributed by atoms with van der Waals surface area (Å²) in [4.78, 5) is 5.18. The van der Waals surface area contributed by atoms with Crippen LogP contribution in [0.3, 0.4) is 0 Å². The molecule has 5 rings (SSSR count). The van der Waals surface area contributed by atoms with Gasteiger partial charge in [0, 0.05) is 25.9 Å². The van der Waals surface area contributed by atoms with E-state index >= 15 is 0 Å². The van der Waals surface area contributed by atoms with E-state index < -0.39 is 0 Å². The molecule has 1 aromatic heterocycles. The zero-order valence-electron chi connectivity index (χ0n) is 22.4. The molecule has 3 heterocycles. The summed E-state index contributed by atoms with van der Waals surface area (Å²) in [5.41, 5.74) is 2.74. The number of thioether (sulfide) groups is 1. The summed E-state index contributed by atoms with van der Waals surface area (Å²) in [5, 5.41) is 9.84. The fourth-order valence-electron chi connectivity index (χ4n) is 5.82. The number of nitrogens with zero attached hydrogens (tertiary/aromatic N) is 5. The molecule has 2 fully saturated rings. The first-order chi connectivity index (χ1) is 18.1. The van der Waals surface area contributed by atoms with Gasteiger partial charge in [-0.15, -0.1) is 10.2 Å². The maximum Gasteiger partial charge on any atom is 0.191 e. The maximum absolute atomic E-state index is 5.60. The highest BCUT2D eigenvalue weighted by molar-refractivity contribution is 7.99. The van der Waals surface area contributed by atoms with Crippen LogP contribution in [0.25, 0.3) is 11.4 Å². The molecule has 0 aliphatic carbocycles. The van der Waals surface area contributed by atoms with E-state index in [1.54, 1.807) is 26.0 Å². The standard InChI is InChI=1S/C29H39N5O2S/c1-32-27(23-9-4-6-11-25(23)35-2)30-31-28(32)37-22-8-17-33-18-13-29(14-19-33)15-20-34(21-16-29)24-10-5-7-12-26(24)36-3/h4-7,9-12H,8,13-22H2,1-3H3. The predicted octanol–water partition coefficient (Wildman–Crippen LogP) is 5.36. The summed E-state index contributed by atoms with van der Waals surface area (Å²) >= 11 is 1.79. The summed E-state index contributed by atoms with van der Waals surface area (Å²) < 4.78 is 13.2. The van der Waals surface area contributed by atoms with Gasteiger partial charge in [-0.1, -0.05) is 36.0 Å². The first-order valence-corrected chi connectivity index (χ1v) is 14.4. The van der Waals surface area contributed by atoms with E-state index in [1.165, 1.54) is 44.5 Å². The molecule has 37 heavy (non-hydrogen) atoms. The fourth-order valence-corrected chi connectivity index (χ4v) is 6.65. The van der Waals surface area contributed by atoms with Crippen molar-refractivity contribution in [3.63, 3.8) is 0 Å². The zero-order chi connectivity index (χ0) is 25.7. The van der Waals surface area contributed by atoms with Crippen molar-refractivity contribution < 1.29 is 9.47 Å². The lowest BCUT2D eigenvalue weighted by Crippen LogP contribution is -2.47. The van der Waals surface area contributed by atoms with E-state index in [9.17, 15) is 0 Å². The van der Waals surface area contributed by atoms with Gasteiger partial charge >= 0.3 is 0 Å². The molecule has 2 saturated heterocycles. The highest BCUT2D eigenvalue weighted by atomic mass is 32.2. The van der Waals surface area contributed by atoms with Gasteiger partial charge in [-0.3, -0.25) is 0 Å². The molecule has 0 bridgehead atoms. The van der Waals surface area contributed by atoms with Crippen molar-refractivity contribution in [3.05, 3.63) is 48.5 Å². The normalized spacial score (nSPS) is 17.8. The third-order valence-electron chi connectivity index (χ3n) is 8.20. The van der Waals surface area contributed by atoms with Crippen molar-refractivity contribution >= 4 is 17.4 Å². The average molecular weight is 522 g/mol. The Morgan fingerprint density at radius 2 is 1.49 bits per heavy atom. The van der Waals surface area contributed by atoms with Crippen molar-refractivity contribution in [3.8, 4) is 22.9 Å². The number of hydrogen-bond donors (Lipinski definition) is 0. The largest absolute Gasteiger partial charge is 0.496 e. The van der Waals surface area contributed by atoms with Gasteiger partial charge in [0.1, 0.15) is 11.5 Å². The molecule has 1 spiro atoms. The first kappa shape index (κ1) is 25.9. The molecular formula is C29H39N5O2S. The van der Waals surface area contributed by atoms with Crippen LogP contribution >= 0.6 is 11.8 Å². The van der Waals surface area contributed by atoms with E-state index in [4.69, 9.17) is 9.47 Å². The number of rotatable bonds is 9. The molecule has 8 heteroatoms. The predicted molar refractivity (Wildman–Crippen MR) is 151 cm³/mol. The zero-order valence-corrected chi connectivity index (χ0v) is 23.2. The van der Waals surface area contributed by atoms with Crippen molar-refractivity contribution in [1.82, 2.24) is 19.7 Å². The molecule has 0 N–H and O–H groups in total. The Morgan fingerprint density at radius 3 is 2.22 bits per heavy atom. The molecule has 2 aromatic carbocycles. The Hall–Kier alpha value is -2.71. The topological polar surface area (TPSA) is 55.7 Å². The van der Waals surface area contributed by atoms with Crippen LogP contribution in [0.4, 0.5) is 5.69 Å². The first-order valence-electron chi connectivity index (χ1n) is 13.4. The molecule has 0 atom stereocenters. The van der Waals surface area contributed by atoms with Crippen molar-refractivity contribution in [1.29, 1.82) is 0 Å². The fraction of sp³-hybridized carbons (Fsp3) is 0.517. The molecule has 0 radical (unpaired) electrons. The molecule has 198 valence electrons. The van der Waals surface area contributed by atoms with Crippen LogP contribution in [-0.2, 0) is 7.05 Å². The Labute approximate surface area is 225 Å². The number of methoxy groups -OCH3 is 2. The van der Waals surface area contributed by atoms with Crippen LogP contribution in [0.15, 0.2) is 53.7 Å². The van der Waals surface area contributed by atoms with Crippen LogP contribution < -0.4 is 14.4 Å². The number of likely N-dealkylation sites (tertiary alicyclic amines) is 1. The third-order valence-corrected chi connectivity index (χ3v) is 9.31. The van der Waals surface area contributed by atoms with Crippen LogP contribution in [0.2, 0.25) is 0 Å². The second-order valence-corrected chi connectivity index (χ2v) is 11.3. The Morgan fingerprint density at radius 1 is 0.838 bits per heavy atom. The number of anilines is 1. The van der Waals surface area contributed by atoms with Gasteiger partial charge in [0.15, 0.2) is 11.0 Å². The van der Waals surface area contributed by atoms with E-state index in [2.05, 4.69) is 48.8 Å². The molecule has 2 aliphatic heterocycles. The molecule has 2 aliphatic rings. The number of para-hydroxylation sites is 3. The Bertz CT molecular complexity index is 1160. The Kier molecular flexibility index (Phi) is 8.25. The lowest BCUT2D eigenvalue weighted by Gasteiger charge is -2.47. The average Bonchev–Trinajstić information content (AvgIpc) is 3.32. The van der Waals surface area contributed by atoms with Crippen molar-refractivity contribution in [2.45, 2.75) is 37.3 Å². The van der Waals surface area contributed by atoms with E-state index in [1.807, 2.05) is 31.3 Å². The summed E-state index contributed by atoms with van der Waals surface area (Å²) in [7, 11) is 5.50. The van der Waals surface area contributed by atoms with Crippen LogP contribution in [-0.4, -0.2) is 72.4 Å². The van der Waals surface area contributed by atoms with E-state index in [0.717, 1.165) is 59.9 Å². The van der Waals surface area contributed by atoms with E-state index in [-0.39, 0.29) is 0 Å². The minimum atomic E-state index is 0.525. The lowest BCUT2D eigenvalue weighted by atomic mass is 9.71. The van der Waals surface area contributed by atoms with Gasteiger partial charge in [0.25, 0.3) is 0 Å². The lowest BCUT2D eigenvalue weighted by molar-refractivity contribution is 0.0801. The van der Waals surface area contributed by atoms with Crippen LogP contribution in [0.1, 0.15) is 32.1 Å². The number of aromatic nitrogens is 3. The maximum atomic E-state index is 5.60. The third kappa shape index (κ3) is 5.75. The second-order valence-electron chi connectivity index (χ2n) is 10.3. The number of piperidine rings is 2. The summed E-state index contributed by atoms with van der Waals surface area (Å²) in [6.07, 6.45) is 6.39. The molecule has 7 nitrogen and oxygen atoms in total. The number of ether oxygens (including phenoxy) is 2. The quantitative estimate of drug-likeness (QED) is 0.277. The van der Waals surface area contributed by atoms with Crippen molar-refractivity contribution in [2.24, 2.45) is 12.5 Å². The SMILES string of the molecule is COc1ccccc1-c1nnc(SCCCN2CCC3(CC2)CCN(c2ccccc2OC)CC3)n1C.